The number of nitrogens with zero attached hydrogens (tertiary/aromatic N) is 2. The molecule has 0 saturated heterocycles. The highest BCUT2D eigenvalue weighted by atomic mass is 16.6. The molecule has 0 fully saturated rings. The van der Waals surface area contributed by atoms with Crippen molar-refractivity contribution < 1.29 is 33.9 Å². The monoisotopic (exact) mass is 524 g/mol. The minimum Gasteiger partial charge on any atom is -0.465 e. The average molecular weight is 525 g/mol. The number of esters is 2. The Labute approximate surface area is 221 Å². The molecule has 10 heteroatoms. The van der Waals surface area contributed by atoms with E-state index in [0.29, 0.717) is 5.69 Å². The van der Waals surface area contributed by atoms with Crippen molar-refractivity contribution >= 4 is 29.1 Å². The number of allylic oxidation sites excluding steroid dienone is 1. The van der Waals surface area contributed by atoms with E-state index in [0.717, 1.165) is 11.1 Å². The maximum Gasteiger partial charge on any atom is 0.339 e. The predicted molar refractivity (Wildman–Crippen MR) is 139 cm³/mol. The van der Waals surface area contributed by atoms with Crippen molar-refractivity contribution in [2.75, 3.05) is 18.1 Å². The van der Waals surface area contributed by atoms with Crippen molar-refractivity contribution in [2.24, 2.45) is 5.92 Å². The summed E-state index contributed by atoms with van der Waals surface area (Å²) in [7, 11) is 0. The molecule has 3 rings (SSSR count). The van der Waals surface area contributed by atoms with Crippen LogP contribution >= 0.6 is 0 Å². The van der Waals surface area contributed by atoms with E-state index in [1.165, 1.54) is 31.2 Å². The molecule has 1 aliphatic rings. The minimum absolute atomic E-state index is 0.00795. The van der Waals surface area contributed by atoms with Crippen molar-refractivity contribution in [1.82, 2.24) is 0 Å². The van der Waals surface area contributed by atoms with E-state index in [2.05, 4.69) is 0 Å². The fraction of sp³-hybridized carbons (Fsp3) is 0.393. The Bertz CT molecular complexity index is 1280. The highest BCUT2D eigenvalue weighted by molar-refractivity contribution is 6.02. The van der Waals surface area contributed by atoms with E-state index < -0.39 is 40.2 Å². The molecule has 0 radical (unpaired) electrons. The molecule has 0 spiro atoms. The third-order valence-electron chi connectivity index (χ3n) is 6.59. The summed E-state index contributed by atoms with van der Waals surface area (Å²) in [5.41, 5.74) is -0.0199. The van der Waals surface area contributed by atoms with Crippen LogP contribution in [-0.2, 0) is 29.5 Å². The number of non-ortho nitro benzene ring substituents is 1. The molecular formula is C28H32N2O8. The van der Waals surface area contributed by atoms with E-state index in [-0.39, 0.29) is 35.7 Å². The summed E-state index contributed by atoms with van der Waals surface area (Å²) >= 11 is 0. The number of rotatable bonds is 9. The van der Waals surface area contributed by atoms with Crippen LogP contribution in [0.1, 0.15) is 44.4 Å². The van der Waals surface area contributed by atoms with Gasteiger partial charge in [-0.1, -0.05) is 6.07 Å². The topological polar surface area (TPSA) is 136 Å². The first kappa shape index (κ1) is 28.5. The van der Waals surface area contributed by atoms with E-state index in [9.17, 15) is 29.6 Å². The van der Waals surface area contributed by atoms with Crippen molar-refractivity contribution in [3.05, 3.63) is 80.5 Å². The summed E-state index contributed by atoms with van der Waals surface area (Å²) in [5.74, 6) is -3.80. The largest absolute Gasteiger partial charge is 0.465 e. The predicted octanol–water partition coefficient (Wildman–Crippen LogP) is 3.89. The van der Waals surface area contributed by atoms with E-state index in [1.54, 1.807) is 25.7 Å². The molecule has 38 heavy (non-hydrogen) atoms. The Morgan fingerprint density at radius 1 is 1.03 bits per heavy atom. The van der Waals surface area contributed by atoms with Crippen LogP contribution in [0.25, 0.3) is 0 Å². The molecule has 2 aromatic carbocycles. The molecule has 10 nitrogen and oxygen atoms in total. The van der Waals surface area contributed by atoms with Crippen LogP contribution in [0.15, 0.2) is 53.7 Å². The van der Waals surface area contributed by atoms with Crippen molar-refractivity contribution in [2.45, 2.75) is 53.2 Å². The van der Waals surface area contributed by atoms with Gasteiger partial charge in [-0.2, -0.15) is 0 Å². The Balaban J connectivity index is 2.43. The van der Waals surface area contributed by atoms with Gasteiger partial charge in [-0.05, 0) is 82.5 Å². The fourth-order valence-corrected chi connectivity index (χ4v) is 5.18. The molecule has 3 unspecified atom stereocenters. The van der Waals surface area contributed by atoms with Gasteiger partial charge in [0.15, 0.2) is 0 Å². The molecule has 1 aliphatic heterocycles. The molecule has 0 aliphatic carbocycles. The average Bonchev–Trinajstić information content (AvgIpc) is 3.06. The number of Topliss-reactive ketones (excluding diaryl/α,β-unsaturated/α-hetero) is 1. The second-order valence-corrected chi connectivity index (χ2v) is 9.25. The van der Waals surface area contributed by atoms with Crippen LogP contribution in [0.2, 0.25) is 0 Å². The standard InChI is InChI=1S/C28H32N2O8/c1-7-37-26(32)23(19(6)31)25-28(34,20-9-11-21(12-10-20)30(35)36)24(27(33)38-8-2)18(5)29(25)22-14-16(3)13-17(4)15-22/h9-15,23,25,34H,7-8H2,1-6H3. The Hall–Kier alpha value is -4.05. The maximum absolute atomic E-state index is 13.4. The van der Waals surface area contributed by atoms with Crippen LogP contribution in [0, 0.1) is 29.9 Å². The van der Waals surface area contributed by atoms with Gasteiger partial charge in [0.05, 0.1) is 29.8 Å². The minimum atomic E-state index is -2.27. The first-order valence-electron chi connectivity index (χ1n) is 12.3. The number of nitro benzene ring substituents is 1. The van der Waals surface area contributed by atoms with Gasteiger partial charge in [0.25, 0.3) is 5.69 Å². The number of carbonyl (C=O) groups is 3. The number of benzene rings is 2. The SMILES string of the molecule is CCOC(=O)C1=C(C)N(c2cc(C)cc(C)c2)C(C(C(C)=O)C(=O)OCC)C1(O)c1ccc([N+](=O)[O-])cc1. The van der Waals surface area contributed by atoms with Crippen LogP contribution in [0.5, 0.6) is 0 Å². The number of ether oxygens (including phenoxy) is 2. The zero-order chi connectivity index (χ0) is 28.4. The second-order valence-electron chi connectivity index (χ2n) is 9.25. The van der Waals surface area contributed by atoms with Gasteiger partial charge in [-0.3, -0.25) is 19.7 Å². The van der Waals surface area contributed by atoms with Crippen molar-refractivity contribution in [3.63, 3.8) is 0 Å². The number of hydrogen-bond acceptors (Lipinski definition) is 9. The molecule has 2 aromatic rings. The highest BCUT2D eigenvalue weighted by Crippen LogP contribution is 2.50. The van der Waals surface area contributed by atoms with Crippen LogP contribution in [0.3, 0.4) is 0 Å². The normalized spacial score (nSPS) is 19.8. The molecule has 0 bridgehead atoms. The highest BCUT2D eigenvalue weighted by Gasteiger charge is 2.60. The summed E-state index contributed by atoms with van der Waals surface area (Å²) in [6, 6.07) is 9.21. The Morgan fingerprint density at radius 2 is 1.58 bits per heavy atom. The number of aryl methyl sites for hydroxylation is 2. The number of ketones is 1. The number of anilines is 1. The lowest BCUT2D eigenvalue weighted by Gasteiger charge is -2.40. The first-order valence-corrected chi connectivity index (χ1v) is 12.3. The molecule has 202 valence electrons. The van der Waals surface area contributed by atoms with E-state index in [1.807, 2.05) is 32.0 Å². The van der Waals surface area contributed by atoms with Gasteiger partial charge in [0.2, 0.25) is 0 Å². The van der Waals surface area contributed by atoms with E-state index in [4.69, 9.17) is 9.47 Å². The van der Waals surface area contributed by atoms with Gasteiger partial charge in [0, 0.05) is 23.5 Å². The zero-order valence-electron chi connectivity index (χ0n) is 22.3. The third kappa shape index (κ3) is 5.04. The lowest BCUT2D eigenvalue weighted by Crippen LogP contribution is -2.55. The summed E-state index contributed by atoms with van der Waals surface area (Å²) < 4.78 is 10.6. The lowest BCUT2D eigenvalue weighted by molar-refractivity contribution is -0.384. The summed E-state index contributed by atoms with van der Waals surface area (Å²) in [4.78, 5) is 52.0. The van der Waals surface area contributed by atoms with E-state index >= 15 is 0 Å². The third-order valence-corrected chi connectivity index (χ3v) is 6.59. The smallest absolute Gasteiger partial charge is 0.339 e. The van der Waals surface area contributed by atoms with Crippen molar-refractivity contribution in [1.29, 1.82) is 0 Å². The zero-order valence-corrected chi connectivity index (χ0v) is 22.3. The second kappa shape index (κ2) is 11.1. The van der Waals surface area contributed by atoms with Crippen LogP contribution in [0.4, 0.5) is 11.4 Å². The Morgan fingerprint density at radius 3 is 2.05 bits per heavy atom. The van der Waals surface area contributed by atoms with Gasteiger partial charge in [0.1, 0.15) is 17.3 Å². The number of carbonyl (C=O) groups excluding carboxylic acids is 3. The molecule has 3 atom stereocenters. The molecule has 0 saturated carbocycles. The number of hydrogen-bond donors (Lipinski definition) is 1. The maximum atomic E-state index is 13.4. The molecule has 1 heterocycles. The summed E-state index contributed by atoms with van der Waals surface area (Å²) in [6.45, 7) is 9.79. The van der Waals surface area contributed by atoms with Gasteiger partial charge >= 0.3 is 11.9 Å². The summed E-state index contributed by atoms with van der Waals surface area (Å²) in [5, 5.41) is 23.8. The quantitative estimate of drug-likeness (QED) is 0.224. The molecular weight excluding hydrogens is 492 g/mol. The van der Waals surface area contributed by atoms with Gasteiger partial charge in [-0.15, -0.1) is 0 Å². The molecule has 0 aromatic heterocycles. The van der Waals surface area contributed by atoms with Gasteiger partial charge in [-0.25, -0.2) is 4.79 Å². The van der Waals surface area contributed by atoms with Crippen molar-refractivity contribution in [3.8, 4) is 0 Å². The summed E-state index contributed by atoms with van der Waals surface area (Å²) in [6.07, 6.45) is 0. The lowest BCUT2D eigenvalue weighted by atomic mass is 9.75. The van der Waals surface area contributed by atoms with Crippen LogP contribution in [-0.4, -0.2) is 47.0 Å². The number of aliphatic hydroxyl groups is 1. The van der Waals surface area contributed by atoms with Crippen LogP contribution < -0.4 is 4.90 Å². The first-order chi connectivity index (χ1) is 17.9. The molecule has 0 amide bonds. The number of nitro groups is 1. The molecule has 1 N–H and O–H groups in total. The van der Waals surface area contributed by atoms with Gasteiger partial charge < -0.3 is 19.5 Å². The Kier molecular flexibility index (Phi) is 8.36. The fourth-order valence-electron chi connectivity index (χ4n) is 5.18.